The first-order chi connectivity index (χ1) is 10.5. The number of halogens is 1. The fourth-order valence-electron chi connectivity index (χ4n) is 2.82. The Balaban J connectivity index is 1.84. The van der Waals surface area contributed by atoms with Crippen molar-refractivity contribution in [1.29, 1.82) is 0 Å². The molecular weight excluding hydrogens is 318 g/mol. The minimum absolute atomic E-state index is 0.330. The van der Waals surface area contributed by atoms with Gasteiger partial charge in [-0.15, -0.1) is 0 Å². The fraction of sp³-hybridized carbons (Fsp3) is 0.294. The highest BCUT2D eigenvalue weighted by Crippen LogP contribution is 2.26. The number of aryl methyl sites for hydroxylation is 2. The molecule has 0 saturated carbocycles. The molecule has 1 aliphatic rings. The Bertz CT molecular complexity index is 785. The van der Waals surface area contributed by atoms with Crippen molar-refractivity contribution < 1.29 is 8.42 Å². The Labute approximate surface area is 136 Å². The van der Waals surface area contributed by atoms with Crippen molar-refractivity contribution in [2.24, 2.45) is 0 Å². The van der Waals surface area contributed by atoms with E-state index >= 15 is 0 Å². The molecule has 3 rings (SSSR count). The van der Waals surface area contributed by atoms with E-state index in [0.29, 0.717) is 16.5 Å². The Morgan fingerprint density at radius 3 is 2.45 bits per heavy atom. The zero-order valence-corrected chi connectivity index (χ0v) is 14.0. The first-order valence-corrected chi connectivity index (χ1v) is 9.11. The van der Waals surface area contributed by atoms with Crippen molar-refractivity contribution in [3.8, 4) is 0 Å². The minimum atomic E-state index is -3.47. The number of fused-ring (bicyclic) bond motifs is 1. The molecule has 0 atom stereocenters. The summed E-state index contributed by atoms with van der Waals surface area (Å²) in [7, 11) is -1.86. The third kappa shape index (κ3) is 3.05. The van der Waals surface area contributed by atoms with E-state index in [1.54, 1.807) is 25.2 Å². The summed E-state index contributed by atoms with van der Waals surface area (Å²) in [6.07, 6.45) is 3.13. The van der Waals surface area contributed by atoms with E-state index in [1.807, 2.05) is 24.3 Å². The number of hydrogen-bond donors (Lipinski definition) is 0. The van der Waals surface area contributed by atoms with Crippen LogP contribution in [0.1, 0.15) is 23.1 Å². The van der Waals surface area contributed by atoms with Gasteiger partial charge in [0.25, 0.3) is 0 Å². The predicted octanol–water partition coefficient (Wildman–Crippen LogP) is 3.65. The molecule has 0 aliphatic heterocycles. The van der Waals surface area contributed by atoms with Gasteiger partial charge < -0.3 is 0 Å². The molecule has 1 aliphatic carbocycles. The van der Waals surface area contributed by atoms with Gasteiger partial charge in [-0.1, -0.05) is 29.8 Å². The van der Waals surface area contributed by atoms with E-state index in [9.17, 15) is 8.42 Å². The predicted molar refractivity (Wildman–Crippen MR) is 88.6 cm³/mol. The van der Waals surface area contributed by atoms with Gasteiger partial charge in [-0.05, 0) is 60.2 Å². The van der Waals surface area contributed by atoms with E-state index < -0.39 is 10.0 Å². The summed E-state index contributed by atoms with van der Waals surface area (Å²) in [5.41, 5.74) is 3.36. The Morgan fingerprint density at radius 1 is 1.05 bits per heavy atom. The monoisotopic (exact) mass is 335 g/mol. The van der Waals surface area contributed by atoms with Crippen LogP contribution in [0, 0.1) is 0 Å². The van der Waals surface area contributed by atoms with Crippen LogP contribution >= 0.6 is 11.6 Å². The molecule has 5 heteroatoms. The molecular formula is C17H18ClNO2S. The van der Waals surface area contributed by atoms with Crippen molar-refractivity contribution in [3.05, 3.63) is 64.2 Å². The van der Waals surface area contributed by atoms with Crippen molar-refractivity contribution in [2.45, 2.75) is 30.7 Å². The maximum atomic E-state index is 12.7. The number of rotatable bonds is 4. The smallest absolute Gasteiger partial charge is 0.207 e. The average molecular weight is 336 g/mol. The topological polar surface area (TPSA) is 37.4 Å². The lowest BCUT2D eigenvalue weighted by Crippen LogP contribution is -2.26. The van der Waals surface area contributed by atoms with Gasteiger partial charge in [0.1, 0.15) is 0 Å². The second-order valence-corrected chi connectivity index (χ2v) is 8.15. The van der Waals surface area contributed by atoms with Crippen LogP contribution in [0.3, 0.4) is 0 Å². The summed E-state index contributed by atoms with van der Waals surface area (Å²) in [5, 5.41) is 0.646. The van der Waals surface area contributed by atoms with Gasteiger partial charge in [0.05, 0.1) is 4.90 Å². The van der Waals surface area contributed by atoms with Crippen LogP contribution in [0.2, 0.25) is 5.02 Å². The quantitative estimate of drug-likeness (QED) is 0.855. The third-order valence-electron chi connectivity index (χ3n) is 4.10. The molecule has 2 aromatic rings. The third-order valence-corrected chi connectivity index (χ3v) is 6.15. The zero-order chi connectivity index (χ0) is 15.7. The number of hydrogen-bond acceptors (Lipinski definition) is 2. The summed E-state index contributed by atoms with van der Waals surface area (Å²) in [6.45, 7) is 0.330. The van der Waals surface area contributed by atoms with Gasteiger partial charge in [0.2, 0.25) is 10.0 Å². The van der Waals surface area contributed by atoms with Crippen molar-refractivity contribution in [2.75, 3.05) is 7.05 Å². The molecule has 2 aromatic carbocycles. The molecule has 0 radical (unpaired) electrons. The van der Waals surface area contributed by atoms with Crippen LogP contribution in [-0.4, -0.2) is 19.8 Å². The van der Waals surface area contributed by atoms with Gasteiger partial charge in [0, 0.05) is 18.6 Å². The fourth-order valence-corrected chi connectivity index (χ4v) is 4.16. The van der Waals surface area contributed by atoms with Gasteiger partial charge in [-0.2, -0.15) is 4.31 Å². The van der Waals surface area contributed by atoms with Gasteiger partial charge in [0.15, 0.2) is 0 Å². The molecule has 116 valence electrons. The lowest BCUT2D eigenvalue weighted by atomic mass is 10.1. The van der Waals surface area contributed by atoms with Crippen LogP contribution < -0.4 is 0 Å². The molecule has 0 aromatic heterocycles. The summed E-state index contributed by atoms with van der Waals surface area (Å²) >= 11 is 5.86. The maximum Gasteiger partial charge on any atom is 0.243 e. The normalized spacial score (nSPS) is 14.3. The Morgan fingerprint density at radius 2 is 1.73 bits per heavy atom. The molecule has 0 N–H and O–H groups in total. The largest absolute Gasteiger partial charge is 0.243 e. The molecule has 0 spiro atoms. The lowest BCUT2D eigenvalue weighted by Gasteiger charge is -2.18. The molecule has 0 bridgehead atoms. The molecule has 0 unspecified atom stereocenters. The summed E-state index contributed by atoms with van der Waals surface area (Å²) in [4.78, 5) is 0.379. The Hall–Kier alpha value is -1.36. The average Bonchev–Trinajstić information content (AvgIpc) is 2.97. The highest BCUT2D eigenvalue weighted by Gasteiger charge is 2.23. The first kappa shape index (κ1) is 15.5. The van der Waals surface area contributed by atoms with Gasteiger partial charge in [-0.3, -0.25) is 0 Å². The van der Waals surface area contributed by atoms with Gasteiger partial charge in [-0.25, -0.2) is 8.42 Å². The SMILES string of the molecule is CN(Cc1ccc(Cl)cc1)S(=O)(=O)c1ccc2c(c1)CCC2. The number of benzene rings is 2. The van der Waals surface area contributed by atoms with Crippen molar-refractivity contribution in [3.63, 3.8) is 0 Å². The van der Waals surface area contributed by atoms with E-state index in [-0.39, 0.29) is 0 Å². The summed E-state index contributed by atoms with van der Waals surface area (Å²) in [6, 6.07) is 12.7. The molecule has 0 amide bonds. The highest BCUT2D eigenvalue weighted by atomic mass is 35.5. The molecule has 0 saturated heterocycles. The molecule has 0 fully saturated rings. The minimum Gasteiger partial charge on any atom is -0.207 e. The van der Waals surface area contributed by atoms with E-state index in [4.69, 9.17) is 11.6 Å². The summed E-state index contributed by atoms with van der Waals surface area (Å²) in [5.74, 6) is 0. The standard InChI is InChI=1S/C17H18ClNO2S/c1-19(12-13-5-8-16(18)9-6-13)22(20,21)17-10-7-14-3-2-4-15(14)11-17/h5-11H,2-4,12H2,1H3. The van der Waals surface area contributed by atoms with Crippen LogP contribution in [0.5, 0.6) is 0 Å². The molecule has 0 heterocycles. The molecule has 3 nitrogen and oxygen atoms in total. The van der Waals surface area contributed by atoms with E-state index in [0.717, 1.165) is 24.8 Å². The Kier molecular flexibility index (Phi) is 4.26. The van der Waals surface area contributed by atoms with Crippen LogP contribution in [-0.2, 0) is 29.4 Å². The zero-order valence-electron chi connectivity index (χ0n) is 12.4. The second kappa shape index (κ2) is 6.03. The van der Waals surface area contributed by atoms with Crippen LogP contribution in [0.15, 0.2) is 47.4 Å². The van der Waals surface area contributed by atoms with Crippen LogP contribution in [0.4, 0.5) is 0 Å². The second-order valence-electron chi connectivity index (χ2n) is 5.67. The number of sulfonamides is 1. The van der Waals surface area contributed by atoms with Crippen LogP contribution in [0.25, 0.3) is 0 Å². The number of nitrogens with zero attached hydrogens (tertiary/aromatic N) is 1. The summed E-state index contributed by atoms with van der Waals surface area (Å²) < 4.78 is 26.8. The lowest BCUT2D eigenvalue weighted by molar-refractivity contribution is 0.466. The molecule has 22 heavy (non-hydrogen) atoms. The van der Waals surface area contributed by atoms with E-state index in [2.05, 4.69) is 0 Å². The van der Waals surface area contributed by atoms with Crippen molar-refractivity contribution >= 4 is 21.6 Å². The van der Waals surface area contributed by atoms with E-state index in [1.165, 1.54) is 15.4 Å². The highest BCUT2D eigenvalue weighted by molar-refractivity contribution is 7.89. The first-order valence-electron chi connectivity index (χ1n) is 7.29. The maximum absolute atomic E-state index is 12.7. The van der Waals surface area contributed by atoms with Crippen molar-refractivity contribution in [1.82, 2.24) is 4.31 Å². The van der Waals surface area contributed by atoms with Gasteiger partial charge >= 0.3 is 0 Å².